The summed E-state index contributed by atoms with van der Waals surface area (Å²) in [5.41, 5.74) is 12.4. The van der Waals surface area contributed by atoms with Crippen LogP contribution in [0.5, 0.6) is 0 Å². The summed E-state index contributed by atoms with van der Waals surface area (Å²) >= 11 is 0. The number of ether oxygens (including phenoxy) is 2. The monoisotopic (exact) mass is 903 g/mol. The Labute approximate surface area is 373 Å². The van der Waals surface area contributed by atoms with Crippen LogP contribution < -0.4 is 32.7 Å². The summed E-state index contributed by atoms with van der Waals surface area (Å²) in [7, 11) is 1.69. The normalized spacial score (nSPS) is 30.3. The van der Waals surface area contributed by atoms with Crippen molar-refractivity contribution >= 4 is 46.4 Å². The van der Waals surface area contributed by atoms with E-state index in [0.717, 1.165) is 43.1 Å². The maximum Gasteiger partial charge on any atom is 0.329 e. The van der Waals surface area contributed by atoms with Gasteiger partial charge in [0.2, 0.25) is 11.8 Å². The molecular weight excluding hydrogens is 848 g/mol. The predicted octanol–water partition coefficient (Wildman–Crippen LogP) is 2.94. The highest BCUT2D eigenvalue weighted by molar-refractivity contribution is 6.19. The number of fused-ring (bicyclic) bond motifs is 3. The number of imidazole rings is 1. The summed E-state index contributed by atoms with van der Waals surface area (Å²) in [6, 6.07) is 6.69. The Bertz CT molecular complexity index is 2460. The quantitative estimate of drug-likeness (QED) is 0.111. The molecule has 1 unspecified atom stereocenters. The number of nitrogens with two attached hydrogens (primary N) is 2. The molecule has 1 aromatic carbocycles. The highest BCUT2D eigenvalue weighted by atomic mass is 19.3. The fraction of sp³-hybridized carbons (Fsp3) is 0.578. The number of anilines is 1. The van der Waals surface area contributed by atoms with E-state index in [-0.39, 0.29) is 78.3 Å². The van der Waals surface area contributed by atoms with Gasteiger partial charge in [0.1, 0.15) is 23.7 Å². The third kappa shape index (κ3) is 9.16. The highest BCUT2D eigenvalue weighted by Crippen LogP contribution is 2.43. The Kier molecular flexibility index (Phi) is 12.8. The second kappa shape index (κ2) is 18.7. The van der Waals surface area contributed by atoms with Crippen LogP contribution in [0.4, 0.5) is 19.0 Å². The molecule has 65 heavy (non-hydrogen) atoms. The average Bonchev–Trinajstić information content (AvgIpc) is 3.99. The molecule has 3 aromatic rings. The van der Waals surface area contributed by atoms with Crippen LogP contribution in [0.25, 0.3) is 16.6 Å². The molecule has 6 fully saturated rings. The standard InChI is InChI=1S/C45H56F3N11O6/c1-56-40-30(3-2-4-34(40)59(45(56)63)35-9-10-38(60)55-44(35)62)25-15-28(16-25)65-36-12-14-57(22-32(36)46)20-24-5-7-26(8-6-24)52-19-33(39(50)41(47)48)53-43(61)31(18-49)42-51-13-11-37(54-42)58-21-29-17-27(58)23-64-29/h2-4,11,13,18-19,24-29,32,35-36,41H,5-10,12,14-17,20-23,49-50H2,1H3,(H,53,61)(H,55,60,62)/t24?,25?,26?,27-,28?,29-,32-,35?,36+/m1/s1. The maximum atomic E-state index is 15.7. The van der Waals surface area contributed by atoms with E-state index in [9.17, 15) is 28.0 Å². The Morgan fingerprint density at radius 3 is 2.58 bits per heavy atom. The lowest BCUT2D eigenvalue weighted by atomic mass is 9.76. The molecule has 2 bridgehead atoms. The van der Waals surface area contributed by atoms with Gasteiger partial charge < -0.3 is 31.2 Å². The second-order valence-corrected chi connectivity index (χ2v) is 18.3. The second-order valence-electron chi connectivity index (χ2n) is 18.3. The van der Waals surface area contributed by atoms with E-state index in [1.165, 1.54) is 17.0 Å². The predicted molar refractivity (Wildman–Crippen MR) is 234 cm³/mol. The highest BCUT2D eigenvalue weighted by Gasteiger charge is 2.41. The number of halogens is 3. The maximum absolute atomic E-state index is 15.7. The summed E-state index contributed by atoms with van der Waals surface area (Å²) in [5.74, 6) is -0.520. The van der Waals surface area contributed by atoms with Crippen LogP contribution in [0.15, 0.2) is 57.8 Å². The van der Waals surface area contributed by atoms with E-state index in [1.807, 2.05) is 18.2 Å². The fourth-order valence-corrected chi connectivity index (χ4v) is 10.5. The van der Waals surface area contributed by atoms with Crippen molar-refractivity contribution in [2.24, 2.45) is 29.4 Å². The van der Waals surface area contributed by atoms with Crippen molar-refractivity contribution in [1.82, 2.24) is 34.6 Å². The molecule has 2 saturated carbocycles. The van der Waals surface area contributed by atoms with E-state index in [4.69, 9.17) is 20.9 Å². The minimum atomic E-state index is -3.04. The van der Waals surface area contributed by atoms with Gasteiger partial charge in [0.25, 0.3) is 12.3 Å². The molecule has 9 rings (SSSR count). The number of hydrogen-bond acceptors (Lipinski definition) is 13. The van der Waals surface area contributed by atoms with Gasteiger partial charge in [0.15, 0.2) is 5.82 Å². The number of benzene rings is 1. The average molecular weight is 904 g/mol. The van der Waals surface area contributed by atoms with E-state index in [2.05, 4.69) is 35.4 Å². The van der Waals surface area contributed by atoms with Crippen molar-refractivity contribution in [2.75, 3.05) is 37.7 Å². The number of carbonyl (C=O) groups is 3. The number of rotatable bonds is 13. The van der Waals surface area contributed by atoms with E-state index in [1.54, 1.807) is 17.7 Å². The first-order chi connectivity index (χ1) is 31.3. The number of piperidine rings is 2. The van der Waals surface area contributed by atoms with Crippen LogP contribution in [-0.2, 0) is 30.9 Å². The number of morpholine rings is 1. The molecule has 4 aliphatic heterocycles. The van der Waals surface area contributed by atoms with Gasteiger partial charge in [0.05, 0.1) is 59.3 Å². The van der Waals surface area contributed by atoms with Crippen LogP contribution in [0.2, 0.25) is 0 Å². The SMILES string of the molecule is Cn1c(=O)n(C2CCC(=O)NC2=O)c2cccc(C3CC(O[C@H]4CCN(CC5CCC(N=CC(NC(=O)C(=CN)c6nccc(N7C[C@H]8C[C@@H]7CO8)n6)=C(N)C(F)F)CC5)C[C@H]4F)C3)c21. The molecule has 2 aromatic heterocycles. The third-order valence-electron chi connectivity index (χ3n) is 14.2. The van der Waals surface area contributed by atoms with Crippen molar-refractivity contribution < 1.29 is 37.0 Å². The number of nitrogens with one attached hydrogen (secondary N) is 2. The first kappa shape index (κ1) is 44.6. The lowest BCUT2D eigenvalue weighted by molar-refractivity contribution is -0.135. The molecule has 0 radical (unpaired) electrons. The van der Waals surface area contributed by atoms with Gasteiger partial charge in [-0.05, 0) is 87.3 Å². The summed E-state index contributed by atoms with van der Waals surface area (Å²) < 4.78 is 58.5. The van der Waals surface area contributed by atoms with Gasteiger partial charge in [-0.3, -0.25) is 38.7 Å². The molecule has 6 aliphatic rings. The number of amides is 3. The van der Waals surface area contributed by atoms with Crippen LogP contribution in [0.1, 0.15) is 87.6 Å². The summed E-state index contributed by atoms with van der Waals surface area (Å²) in [6.07, 6.45) is 5.40. The molecule has 2 aliphatic carbocycles. The Morgan fingerprint density at radius 1 is 1.09 bits per heavy atom. The van der Waals surface area contributed by atoms with E-state index >= 15 is 4.39 Å². The number of aromatic nitrogens is 4. The van der Waals surface area contributed by atoms with E-state index in [0.29, 0.717) is 69.1 Å². The van der Waals surface area contributed by atoms with Gasteiger partial charge in [-0.2, -0.15) is 0 Å². The first-order valence-electron chi connectivity index (χ1n) is 22.7. The lowest BCUT2D eigenvalue weighted by Crippen LogP contribution is -2.49. The van der Waals surface area contributed by atoms with Crippen molar-refractivity contribution in [2.45, 2.75) is 119 Å². The van der Waals surface area contributed by atoms with Gasteiger partial charge >= 0.3 is 5.69 Å². The summed E-state index contributed by atoms with van der Waals surface area (Å²) in [5, 5.41) is 4.82. The molecule has 3 amide bonds. The molecule has 6 N–H and O–H groups in total. The molecule has 348 valence electrons. The van der Waals surface area contributed by atoms with Crippen LogP contribution in [0.3, 0.4) is 0 Å². The number of likely N-dealkylation sites (tertiary alicyclic amines) is 1. The van der Waals surface area contributed by atoms with Gasteiger partial charge in [-0.25, -0.2) is 27.9 Å². The molecule has 0 spiro atoms. The zero-order valence-electron chi connectivity index (χ0n) is 36.3. The lowest BCUT2D eigenvalue weighted by Gasteiger charge is -2.42. The van der Waals surface area contributed by atoms with Gasteiger partial charge in [0, 0.05) is 58.3 Å². The minimum absolute atomic E-state index is 0.0444. The molecular formula is C45H56F3N11O6. The van der Waals surface area contributed by atoms with Crippen LogP contribution in [0, 0.1) is 5.92 Å². The van der Waals surface area contributed by atoms with Crippen LogP contribution in [-0.4, -0.2) is 124 Å². The zero-order valence-corrected chi connectivity index (χ0v) is 36.3. The minimum Gasteiger partial charge on any atom is -0.404 e. The number of alkyl halides is 3. The van der Waals surface area contributed by atoms with Crippen molar-refractivity contribution in [1.29, 1.82) is 0 Å². The third-order valence-corrected chi connectivity index (χ3v) is 14.2. The van der Waals surface area contributed by atoms with Crippen LogP contribution >= 0.6 is 0 Å². The van der Waals surface area contributed by atoms with Crippen molar-refractivity contribution in [3.05, 3.63) is 69.9 Å². The van der Waals surface area contributed by atoms with Gasteiger partial charge in [-0.1, -0.05) is 12.1 Å². The zero-order chi connectivity index (χ0) is 45.5. The Balaban J connectivity index is 0.736. The first-order valence-corrected chi connectivity index (χ1v) is 22.7. The molecule has 5 atom stereocenters. The van der Waals surface area contributed by atoms with E-state index < -0.39 is 42.3 Å². The number of para-hydroxylation sites is 1. The number of imide groups is 1. The summed E-state index contributed by atoms with van der Waals surface area (Å²) in [6.45, 7) is 2.98. The van der Waals surface area contributed by atoms with Crippen molar-refractivity contribution in [3.63, 3.8) is 0 Å². The number of hydrogen-bond donors (Lipinski definition) is 4. The molecule has 4 saturated heterocycles. The summed E-state index contributed by atoms with van der Waals surface area (Å²) in [4.78, 5) is 68.8. The topological polar surface area (TPSA) is 217 Å². The number of carbonyl (C=O) groups excluding carboxylic acids is 3. The Morgan fingerprint density at radius 2 is 1.89 bits per heavy atom. The smallest absolute Gasteiger partial charge is 0.329 e. The largest absolute Gasteiger partial charge is 0.404 e. The van der Waals surface area contributed by atoms with Crippen molar-refractivity contribution in [3.8, 4) is 0 Å². The number of nitrogens with zero attached hydrogens (tertiary/aromatic N) is 7. The molecule has 6 heterocycles. The molecule has 20 heteroatoms. The number of allylic oxidation sites excluding steroid dienone is 2. The molecule has 17 nitrogen and oxygen atoms in total. The Hall–Kier alpha value is -5.60. The number of aryl methyl sites for hydroxylation is 1. The number of aliphatic imine (C=N–C) groups is 1. The van der Waals surface area contributed by atoms with Gasteiger partial charge in [-0.15, -0.1) is 0 Å². The fourth-order valence-electron chi connectivity index (χ4n) is 10.5.